The van der Waals surface area contributed by atoms with E-state index in [1.165, 1.54) is 26.5 Å². The third kappa shape index (κ3) is 3.63. The van der Waals surface area contributed by atoms with Gasteiger partial charge in [0.1, 0.15) is 0 Å². The molecule has 0 aliphatic rings. The molecule has 0 heterocycles. The van der Waals surface area contributed by atoms with Crippen LogP contribution in [0.1, 0.15) is 5.56 Å². The molecule has 0 aliphatic heterocycles. The largest absolute Gasteiger partial charge is 0.504 e. The summed E-state index contributed by atoms with van der Waals surface area (Å²) in [6, 6.07) is 3.04. The number of ether oxygens (including phenoxy) is 2. The Morgan fingerprint density at radius 3 is 2.82 bits per heavy atom. The van der Waals surface area contributed by atoms with Crippen molar-refractivity contribution in [1.82, 2.24) is 5.43 Å². The van der Waals surface area contributed by atoms with E-state index in [1.54, 1.807) is 6.07 Å². The van der Waals surface area contributed by atoms with Crippen LogP contribution < -0.4 is 10.2 Å². The Labute approximate surface area is 106 Å². The monoisotopic (exact) mass is 302 g/mol. The van der Waals surface area contributed by atoms with Crippen LogP contribution in [0.15, 0.2) is 21.7 Å². The first-order chi connectivity index (χ1) is 8.08. The van der Waals surface area contributed by atoms with Gasteiger partial charge in [-0.15, -0.1) is 0 Å². The molecular weight excluding hydrogens is 292 g/mol. The van der Waals surface area contributed by atoms with Crippen molar-refractivity contribution in [3.05, 3.63) is 22.2 Å². The molecule has 2 N–H and O–H groups in total. The Kier molecular flexibility index (Phi) is 4.77. The molecule has 1 rings (SSSR count). The SMILES string of the molecule is COC(=O)N/N=C\c1cc(O)c(OC)cc1Br. The molecule has 0 saturated carbocycles. The van der Waals surface area contributed by atoms with E-state index >= 15 is 0 Å². The zero-order valence-electron chi connectivity index (χ0n) is 9.23. The number of aromatic hydroxyl groups is 1. The quantitative estimate of drug-likeness (QED) is 0.659. The first-order valence-corrected chi connectivity index (χ1v) is 5.31. The summed E-state index contributed by atoms with van der Waals surface area (Å²) in [4.78, 5) is 10.7. The number of nitrogens with one attached hydrogen (secondary N) is 1. The van der Waals surface area contributed by atoms with Crippen LogP contribution >= 0.6 is 15.9 Å². The number of phenols is 1. The van der Waals surface area contributed by atoms with E-state index in [9.17, 15) is 9.90 Å². The number of hydrogen-bond acceptors (Lipinski definition) is 5. The minimum atomic E-state index is -0.671. The van der Waals surface area contributed by atoms with Crippen molar-refractivity contribution < 1.29 is 19.4 Å². The summed E-state index contributed by atoms with van der Waals surface area (Å²) >= 11 is 3.28. The van der Waals surface area contributed by atoms with E-state index in [4.69, 9.17) is 4.74 Å². The maximum absolute atomic E-state index is 10.7. The minimum Gasteiger partial charge on any atom is -0.504 e. The summed E-state index contributed by atoms with van der Waals surface area (Å²) in [5.41, 5.74) is 2.71. The number of carbonyl (C=O) groups excluding carboxylic acids is 1. The first kappa shape index (κ1) is 13.3. The number of rotatable bonds is 3. The predicted molar refractivity (Wildman–Crippen MR) is 65.5 cm³/mol. The molecule has 0 spiro atoms. The topological polar surface area (TPSA) is 80.2 Å². The van der Waals surface area contributed by atoms with Gasteiger partial charge in [0, 0.05) is 10.0 Å². The molecule has 92 valence electrons. The summed E-state index contributed by atoms with van der Waals surface area (Å²) in [6.07, 6.45) is 0.690. The van der Waals surface area contributed by atoms with Crippen LogP contribution in [0.25, 0.3) is 0 Å². The summed E-state index contributed by atoms with van der Waals surface area (Å²) in [5.74, 6) is 0.324. The highest BCUT2D eigenvalue weighted by Gasteiger charge is 2.06. The van der Waals surface area contributed by atoms with E-state index in [0.29, 0.717) is 15.8 Å². The highest BCUT2D eigenvalue weighted by atomic mass is 79.9. The molecule has 0 bridgehead atoms. The number of hydrogen-bond donors (Lipinski definition) is 2. The van der Waals surface area contributed by atoms with E-state index in [0.717, 1.165) is 0 Å². The van der Waals surface area contributed by atoms with Crippen molar-refractivity contribution in [2.24, 2.45) is 5.10 Å². The molecule has 17 heavy (non-hydrogen) atoms. The van der Waals surface area contributed by atoms with Gasteiger partial charge >= 0.3 is 6.09 Å². The third-order valence-corrected chi connectivity index (χ3v) is 2.53. The van der Waals surface area contributed by atoms with E-state index in [1.807, 2.05) is 0 Å². The van der Waals surface area contributed by atoms with Gasteiger partial charge in [0.2, 0.25) is 0 Å². The van der Waals surface area contributed by atoms with Gasteiger partial charge in [-0.25, -0.2) is 10.2 Å². The van der Waals surface area contributed by atoms with Crippen LogP contribution in [0.2, 0.25) is 0 Å². The average Bonchev–Trinajstić information content (AvgIpc) is 2.32. The number of amides is 1. The predicted octanol–water partition coefficient (Wildman–Crippen LogP) is 1.85. The van der Waals surface area contributed by atoms with Crippen LogP contribution in [0.4, 0.5) is 4.79 Å². The lowest BCUT2D eigenvalue weighted by Gasteiger charge is -2.05. The van der Waals surface area contributed by atoms with Crippen LogP contribution in [0.3, 0.4) is 0 Å². The van der Waals surface area contributed by atoms with Gasteiger partial charge < -0.3 is 14.6 Å². The van der Waals surface area contributed by atoms with Crippen molar-refractivity contribution >= 4 is 28.2 Å². The average molecular weight is 303 g/mol. The molecule has 1 aromatic rings. The van der Waals surface area contributed by atoms with Crippen LogP contribution in [-0.4, -0.2) is 31.6 Å². The van der Waals surface area contributed by atoms with Gasteiger partial charge in [0.05, 0.1) is 20.4 Å². The molecule has 6 nitrogen and oxygen atoms in total. The summed E-state index contributed by atoms with van der Waals surface area (Å²) in [5, 5.41) is 13.2. The van der Waals surface area contributed by atoms with Crippen molar-refractivity contribution in [2.75, 3.05) is 14.2 Å². The lowest BCUT2D eigenvalue weighted by Crippen LogP contribution is -2.16. The molecule has 1 aromatic carbocycles. The maximum Gasteiger partial charge on any atom is 0.427 e. The molecule has 0 saturated heterocycles. The van der Waals surface area contributed by atoms with E-state index in [2.05, 4.69) is 31.2 Å². The fourth-order valence-corrected chi connectivity index (χ4v) is 1.45. The minimum absolute atomic E-state index is 0.0183. The molecule has 0 aromatic heterocycles. The Morgan fingerprint density at radius 1 is 1.53 bits per heavy atom. The number of methoxy groups -OCH3 is 2. The smallest absolute Gasteiger partial charge is 0.427 e. The number of halogens is 1. The third-order valence-electron chi connectivity index (χ3n) is 1.84. The van der Waals surface area contributed by atoms with E-state index in [-0.39, 0.29) is 5.75 Å². The highest BCUT2D eigenvalue weighted by molar-refractivity contribution is 9.10. The number of benzene rings is 1. The number of carbonyl (C=O) groups is 1. The second-order valence-electron chi connectivity index (χ2n) is 2.91. The summed E-state index contributed by atoms with van der Waals surface area (Å²) in [7, 11) is 2.69. The zero-order chi connectivity index (χ0) is 12.8. The Morgan fingerprint density at radius 2 is 2.24 bits per heavy atom. The van der Waals surface area contributed by atoms with Gasteiger partial charge in [-0.2, -0.15) is 5.10 Å². The molecule has 7 heteroatoms. The number of hydrazone groups is 1. The second-order valence-corrected chi connectivity index (χ2v) is 3.76. The van der Waals surface area contributed by atoms with Crippen molar-refractivity contribution in [2.45, 2.75) is 0 Å². The van der Waals surface area contributed by atoms with Gasteiger partial charge in [0.15, 0.2) is 11.5 Å². The number of nitrogens with zero attached hydrogens (tertiary/aromatic N) is 1. The second kappa shape index (κ2) is 6.09. The Hall–Kier alpha value is -1.76. The first-order valence-electron chi connectivity index (χ1n) is 4.52. The molecule has 0 fully saturated rings. The lowest BCUT2D eigenvalue weighted by molar-refractivity contribution is 0.171. The lowest BCUT2D eigenvalue weighted by atomic mass is 10.2. The molecular formula is C10H11BrN2O4. The van der Waals surface area contributed by atoms with Crippen LogP contribution in [0, 0.1) is 0 Å². The number of phenolic OH excluding ortho intramolecular Hbond substituents is 1. The normalized spacial score (nSPS) is 10.3. The van der Waals surface area contributed by atoms with Gasteiger partial charge in [-0.1, -0.05) is 0 Å². The van der Waals surface area contributed by atoms with E-state index < -0.39 is 6.09 Å². The fourth-order valence-electron chi connectivity index (χ4n) is 1.02. The van der Waals surface area contributed by atoms with Crippen LogP contribution in [-0.2, 0) is 4.74 Å². The molecule has 0 radical (unpaired) electrons. The van der Waals surface area contributed by atoms with Gasteiger partial charge in [-0.05, 0) is 28.1 Å². The van der Waals surface area contributed by atoms with Crippen molar-refractivity contribution in [3.63, 3.8) is 0 Å². The standard InChI is InChI=1S/C10H11BrN2O4/c1-16-9-4-7(11)6(3-8(9)14)5-12-13-10(15)17-2/h3-5,14H,1-2H3,(H,13,15)/b12-5-. The zero-order valence-corrected chi connectivity index (χ0v) is 10.8. The molecule has 1 amide bonds. The maximum atomic E-state index is 10.7. The molecule has 0 unspecified atom stereocenters. The highest BCUT2D eigenvalue weighted by Crippen LogP contribution is 2.31. The summed E-state index contributed by atoms with van der Waals surface area (Å²) < 4.78 is 9.93. The van der Waals surface area contributed by atoms with Crippen molar-refractivity contribution in [3.8, 4) is 11.5 Å². The molecule has 0 atom stereocenters. The fraction of sp³-hybridized carbons (Fsp3) is 0.200. The Bertz CT molecular complexity index is 448. The van der Waals surface area contributed by atoms with Crippen molar-refractivity contribution in [1.29, 1.82) is 0 Å². The Balaban J connectivity index is 2.85. The van der Waals surface area contributed by atoms with Gasteiger partial charge in [-0.3, -0.25) is 0 Å². The summed E-state index contributed by atoms with van der Waals surface area (Å²) in [6.45, 7) is 0. The molecule has 0 aliphatic carbocycles. The van der Waals surface area contributed by atoms with Gasteiger partial charge in [0.25, 0.3) is 0 Å². The van der Waals surface area contributed by atoms with Crippen LogP contribution in [0.5, 0.6) is 11.5 Å².